The fourth-order valence-corrected chi connectivity index (χ4v) is 2.25. The van der Waals surface area contributed by atoms with Crippen molar-refractivity contribution in [1.29, 1.82) is 0 Å². The lowest BCUT2D eigenvalue weighted by Gasteiger charge is -2.29. The molecule has 4 nitrogen and oxygen atoms in total. The molecule has 0 spiro atoms. The Morgan fingerprint density at radius 1 is 1.43 bits per heavy atom. The Morgan fingerprint density at radius 3 is 2.57 bits per heavy atom. The number of nitrogens with two attached hydrogens (primary N) is 2. The van der Waals surface area contributed by atoms with Crippen LogP contribution in [0.4, 0.5) is 4.39 Å². The van der Waals surface area contributed by atoms with Gasteiger partial charge in [0.25, 0.3) is 0 Å². The Balaban J connectivity index is 2.87. The molecular formula is C8H13FN2O2S. The molecule has 1 aliphatic carbocycles. The molecule has 0 bridgehead atoms. The van der Waals surface area contributed by atoms with Crippen molar-refractivity contribution in [2.24, 2.45) is 16.8 Å². The average molecular weight is 220 g/mol. The molecule has 0 saturated carbocycles. The second-order valence-corrected chi connectivity index (χ2v) is 4.97. The Labute approximate surface area is 82.5 Å². The molecule has 0 fully saturated rings. The number of primary sulfonamides is 1. The molecule has 14 heavy (non-hydrogen) atoms. The van der Waals surface area contributed by atoms with E-state index in [9.17, 15) is 12.8 Å². The summed E-state index contributed by atoms with van der Waals surface area (Å²) in [6.07, 6.45) is 5.83. The van der Waals surface area contributed by atoms with Crippen molar-refractivity contribution in [1.82, 2.24) is 0 Å². The maximum Gasteiger partial charge on any atom is 0.209 e. The van der Waals surface area contributed by atoms with Gasteiger partial charge in [-0.3, -0.25) is 0 Å². The number of hydrogen-bond acceptors (Lipinski definition) is 3. The van der Waals surface area contributed by atoms with Crippen molar-refractivity contribution in [3.05, 3.63) is 24.3 Å². The molecule has 6 heteroatoms. The molecule has 0 aromatic rings. The Hall–Kier alpha value is -0.720. The monoisotopic (exact) mass is 220 g/mol. The van der Waals surface area contributed by atoms with E-state index in [4.69, 9.17) is 10.9 Å². The fraction of sp³-hybridized carbons (Fsp3) is 0.500. The highest BCUT2D eigenvalue weighted by atomic mass is 32.2. The first kappa shape index (κ1) is 11.4. The van der Waals surface area contributed by atoms with Crippen molar-refractivity contribution in [3.8, 4) is 0 Å². The molecule has 1 rings (SSSR count). The summed E-state index contributed by atoms with van der Waals surface area (Å²) in [7, 11) is -3.69. The summed E-state index contributed by atoms with van der Waals surface area (Å²) in [6, 6.07) is 0. The van der Waals surface area contributed by atoms with E-state index in [2.05, 4.69) is 0 Å². The van der Waals surface area contributed by atoms with Gasteiger partial charge in [-0.15, -0.1) is 0 Å². The summed E-state index contributed by atoms with van der Waals surface area (Å²) in [5.41, 5.74) is 3.45. The van der Waals surface area contributed by atoms with Crippen LogP contribution < -0.4 is 10.9 Å². The molecule has 4 N–H and O–H groups in total. The van der Waals surface area contributed by atoms with Gasteiger partial charge in [-0.2, -0.15) is 0 Å². The van der Waals surface area contributed by atoms with Crippen LogP contribution in [0, 0.1) is 5.92 Å². The van der Waals surface area contributed by atoms with Gasteiger partial charge in [0.2, 0.25) is 10.0 Å². The first-order valence-corrected chi connectivity index (χ1v) is 5.84. The van der Waals surface area contributed by atoms with Gasteiger partial charge in [-0.25, -0.2) is 17.9 Å². The van der Waals surface area contributed by atoms with Crippen LogP contribution in [-0.4, -0.2) is 26.4 Å². The zero-order chi connectivity index (χ0) is 10.8. The van der Waals surface area contributed by atoms with Gasteiger partial charge in [0.15, 0.2) is 0 Å². The highest BCUT2D eigenvalue weighted by Crippen LogP contribution is 2.28. The van der Waals surface area contributed by atoms with Crippen LogP contribution in [0.3, 0.4) is 0 Å². The van der Waals surface area contributed by atoms with Gasteiger partial charge in [0.1, 0.15) is 5.67 Å². The molecule has 0 aromatic carbocycles. The molecule has 2 unspecified atom stereocenters. The van der Waals surface area contributed by atoms with Crippen LogP contribution in [0.25, 0.3) is 0 Å². The van der Waals surface area contributed by atoms with E-state index in [1.54, 1.807) is 6.08 Å². The number of halogens is 1. The van der Waals surface area contributed by atoms with Crippen molar-refractivity contribution in [2.45, 2.75) is 5.67 Å². The maximum atomic E-state index is 13.9. The Bertz CT molecular complexity index is 364. The van der Waals surface area contributed by atoms with E-state index < -0.39 is 27.4 Å². The molecule has 1 aliphatic rings. The van der Waals surface area contributed by atoms with Crippen LogP contribution in [-0.2, 0) is 10.0 Å². The SMILES string of the molecule is NCC1(F)C=CC=CC1CS(N)(=O)=O. The fourth-order valence-electron chi connectivity index (χ4n) is 1.36. The quantitative estimate of drug-likeness (QED) is 0.683. The number of alkyl halides is 1. The van der Waals surface area contributed by atoms with Gasteiger partial charge in [0, 0.05) is 12.5 Å². The zero-order valence-corrected chi connectivity index (χ0v) is 8.37. The first-order chi connectivity index (χ1) is 6.37. The smallest absolute Gasteiger partial charge is 0.209 e. The third kappa shape index (κ3) is 2.63. The van der Waals surface area contributed by atoms with E-state index in [0.717, 1.165) is 0 Å². The van der Waals surface area contributed by atoms with E-state index in [1.165, 1.54) is 18.2 Å². The van der Waals surface area contributed by atoms with Crippen LogP contribution in [0.2, 0.25) is 0 Å². The highest BCUT2D eigenvalue weighted by molar-refractivity contribution is 7.89. The lowest BCUT2D eigenvalue weighted by Crippen LogP contribution is -2.43. The van der Waals surface area contributed by atoms with Crippen molar-refractivity contribution in [2.75, 3.05) is 12.3 Å². The number of rotatable bonds is 3. The summed E-state index contributed by atoms with van der Waals surface area (Å²) < 4.78 is 35.5. The molecule has 0 aliphatic heterocycles. The molecule has 80 valence electrons. The Kier molecular flexibility index (Phi) is 3.08. The first-order valence-electron chi connectivity index (χ1n) is 4.13. The highest BCUT2D eigenvalue weighted by Gasteiger charge is 2.37. The molecule has 0 saturated heterocycles. The average Bonchev–Trinajstić information content (AvgIpc) is 2.07. The molecule has 0 radical (unpaired) electrons. The predicted molar refractivity (Wildman–Crippen MR) is 52.6 cm³/mol. The third-order valence-corrected chi connectivity index (χ3v) is 2.99. The van der Waals surface area contributed by atoms with E-state index in [-0.39, 0.29) is 6.54 Å². The number of hydrogen-bond donors (Lipinski definition) is 2. The van der Waals surface area contributed by atoms with Gasteiger partial charge in [-0.1, -0.05) is 18.2 Å². The summed E-state index contributed by atoms with van der Waals surface area (Å²) >= 11 is 0. The topological polar surface area (TPSA) is 86.2 Å². The molecular weight excluding hydrogens is 207 g/mol. The van der Waals surface area contributed by atoms with E-state index >= 15 is 0 Å². The van der Waals surface area contributed by atoms with Crippen LogP contribution in [0.15, 0.2) is 24.3 Å². The largest absolute Gasteiger partial charge is 0.327 e. The zero-order valence-electron chi connectivity index (χ0n) is 7.56. The van der Waals surface area contributed by atoms with E-state index in [1.807, 2.05) is 0 Å². The summed E-state index contributed by atoms with van der Waals surface area (Å²) in [5, 5.41) is 4.85. The molecule has 0 heterocycles. The van der Waals surface area contributed by atoms with E-state index in [0.29, 0.717) is 0 Å². The van der Waals surface area contributed by atoms with Gasteiger partial charge >= 0.3 is 0 Å². The van der Waals surface area contributed by atoms with Crippen LogP contribution in [0.5, 0.6) is 0 Å². The minimum atomic E-state index is -3.69. The second-order valence-electron chi connectivity index (χ2n) is 3.31. The van der Waals surface area contributed by atoms with Gasteiger partial charge in [-0.05, 0) is 6.08 Å². The molecule has 0 aromatic heterocycles. The lowest BCUT2D eigenvalue weighted by molar-refractivity contribution is 0.185. The minimum Gasteiger partial charge on any atom is -0.327 e. The molecule has 2 atom stereocenters. The summed E-state index contributed by atoms with van der Waals surface area (Å²) in [5.74, 6) is -1.23. The van der Waals surface area contributed by atoms with Crippen molar-refractivity contribution in [3.63, 3.8) is 0 Å². The molecule has 0 amide bonds. The van der Waals surface area contributed by atoms with Gasteiger partial charge in [0.05, 0.1) is 5.75 Å². The van der Waals surface area contributed by atoms with Crippen LogP contribution >= 0.6 is 0 Å². The van der Waals surface area contributed by atoms with Crippen LogP contribution in [0.1, 0.15) is 0 Å². The predicted octanol–water partition coefficient (Wildman–Crippen LogP) is -0.316. The maximum absolute atomic E-state index is 13.9. The second kappa shape index (κ2) is 3.80. The van der Waals surface area contributed by atoms with Crippen molar-refractivity contribution >= 4 is 10.0 Å². The number of sulfonamides is 1. The third-order valence-electron chi connectivity index (χ3n) is 2.17. The summed E-state index contributed by atoms with van der Waals surface area (Å²) in [6.45, 7) is -0.256. The lowest BCUT2D eigenvalue weighted by atomic mass is 9.87. The minimum absolute atomic E-state index is 0.256. The van der Waals surface area contributed by atoms with Crippen molar-refractivity contribution < 1.29 is 12.8 Å². The Morgan fingerprint density at radius 2 is 2.07 bits per heavy atom. The van der Waals surface area contributed by atoms with Gasteiger partial charge < -0.3 is 5.73 Å². The number of allylic oxidation sites excluding steroid dienone is 3. The normalized spacial score (nSPS) is 32.1. The standard InChI is InChI=1S/C8H13FN2O2S/c9-8(6-10)4-2-1-3-7(8)5-14(11,12)13/h1-4,7H,5-6,10H2,(H2,11,12,13). The summed E-state index contributed by atoms with van der Waals surface area (Å²) in [4.78, 5) is 0.